The molecule has 0 atom stereocenters. The minimum absolute atomic E-state index is 0.953. The summed E-state index contributed by atoms with van der Waals surface area (Å²) in [6.07, 6.45) is 0. The summed E-state index contributed by atoms with van der Waals surface area (Å²) in [5, 5.41) is 1.53. The molecule has 0 amide bonds. The van der Waals surface area contributed by atoms with Crippen molar-refractivity contribution in [3.05, 3.63) is 59.2 Å². The summed E-state index contributed by atoms with van der Waals surface area (Å²) in [5.74, 6) is 0. The Morgan fingerprint density at radius 1 is 0.857 bits per heavy atom. The van der Waals surface area contributed by atoms with Crippen molar-refractivity contribution < 1.29 is 0 Å². The van der Waals surface area contributed by atoms with Crippen LogP contribution in [-0.4, -0.2) is 15.1 Å². The van der Waals surface area contributed by atoms with E-state index in [1.165, 1.54) is 27.6 Å². The summed E-state index contributed by atoms with van der Waals surface area (Å²) in [7, 11) is 0.979. The minimum Gasteiger partial charge on any atom is -0.370 e. The monoisotopic (exact) mass is 297 g/mol. The Hall–Kier alpha value is -1.54. The van der Waals surface area contributed by atoms with E-state index in [2.05, 4.69) is 87.9 Å². The summed E-state index contributed by atoms with van der Waals surface area (Å²) in [4.78, 5) is 2.32. The van der Waals surface area contributed by atoms with Crippen molar-refractivity contribution in [2.75, 3.05) is 11.9 Å². The van der Waals surface area contributed by atoms with Gasteiger partial charge in [-0.3, -0.25) is 0 Å². The summed E-state index contributed by atoms with van der Waals surface area (Å²) in [5.41, 5.74) is 5.32. The van der Waals surface area contributed by atoms with E-state index >= 15 is 0 Å². The van der Waals surface area contributed by atoms with Crippen molar-refractivity contribution in [2.24, 2.45) is 0 Å². The normalized spacial score (nSPS) is 11.5. The number of nitrogens with zero attached hydrogens (tertiary/aromatic N) is 1. The molecule has 0 heterocycles. The molecule has 0 bridgehead atoms. The van der Waals surface area contributed by atoms with Crippen molar-refractivity contribution in [1.29, 1.82) is 0 Å². The van der Waals surface area contributed by atoms with Crippen molar-refractivity contribution >= 4 is 18.9 Å². The molecule has 0 aromatic heterocycles. The van der Waals surface area contributed by atoms with E-state index in [4.69, 9.17) is 0 Å². The first-order chi connectivity index (χ1) is 9.75. The lowest BCUT2D eigenvalue weighted by molar-refractivity contribution is 0.921. The van der Waals surface area contributed by atoms with Crippen molar-refractivity contribution in [3.63, 3.8) is 0 Å². The van der Waals surface area contributed by atoms with Gasteiger partial charge in [0.2, 0.25) is 0 Å². The highest BCUT2D eigenvalue weighted by Gasteiger charge is 2.15. The summed E-state index contributed by atoms with van der Waals surface area (Å²) >= 11 is 0. The van der Waals surface area contributed by atoms with Crippen LogP contribution in [0.5, 0.6) is 0 Å². The lowest BCUT2D eigenvalue weighted by atomic mass is 10.1. The Morgan fingerprint density at radius 3 is 1.86 bits per heavy atom. The summed E-state index contributed by atoms with van der Waals surface area (Å²) in [6.45, 7) is 12.5. The van der Waals surface area contributed by atoms with Gasteiger partial charge in [0.05, 0.1) is 8.07 Å². The molecular weight excluding hydrogens is 270 g/mol. The third kappa shape index (κ3) is 4.21. The Morgan fingerprint density at radius 2 is 1.38 bits per heavy atom. The smallest absolute Gasteiger partial charge is 0.0775 e. The molecule has 0 unspecified atom stereocenters. The number of aryl methyl sites for hydroxylation is 2. The zero-order valence-corrected chi connectivity index (χ0v) is 15.2. The fourth-order valence-electron chi connectivity index (χ4n) is 2.65. The van der Waals surface area contributed by atoms with Crippen LogP contribution in [-0.2, 0) is 6.54 Å². The fraction of sp³-hybridized carbons (Fsp3) is 0.368. The van der Waals surface area contributed by atoms with Crippen LogP contribution in [0.2, 0.25) is 19.6 Å². The summed E-state index contributed by atoms with van der Waals surface area (Å²) in [6, 6.07) is 15.9. The number of rotatable bonds is 4. The van der Waals surface area contributed by atoms with Crippen LogP contribution in [0.3, 0.4) is 0 Å². The molecule has 0 spiro atoms. The molecule has 0 aliphatic heterocycles. The largest absolute Gasteiger partial charge is 0.370 e. The zero-order chi connectivity index (χ0) is 15.6. The topological polar surface area (TPSA) is 3.24 Å². The molecule has 2 aromatic rings. The molecule has 0 saturated heterocycles. The molecule has 21 heavy (non-hydrogen) atoms. The van der Waals surface area contributed by atoms with E-state index in [-0.39, 0.29) is 0 Å². The molecular formula is C19H27NSi. The first-order valence-corrected chi connectivity index (χ1v) is 11.1. The molecule has 0 fully saturated rings. The van der Waals surface area contributed by atoms with Gasteiger partial charge in [0.25, 0.3) is 0 Å². The highest BCUT2D eigenvalue weighted by molar-refractivity contribution is 6.88. The maximum atomic E-state index is 2.39. The summed E-state index contributed by atoms with van der Waals surface area (Å²) < 4.78 is 0. The third-order valence-electron chi connectivity index (χ3n) is 3.89. The molecule has 0 radical (unpaired) electrons. The van der Waals surface area contributed by atoms with Crippen LogP contribution in [0.4, 0.5) is 5.69 Å². The molecule has 2 heteroatoms. The van der Waals surface area contributed by atoms with Crippen molar-refractivity contribution in [2.45, 2.75) is 40.0 Å². The molecule has 0 N–H and O–H groups in total. The van der Waals surface area contributed by atoms with Crippen LogP contribution in [0.15, 0.2) is 42.5 Å². The van der Waals surface area contributed by atoms with E-state index in [0.717, 1.165) is 6.54 Å². The first-order valence-electron chi connectivity index (χ1n) is 7.64. The predicted octanol–water partition coefficient (Wildman–Crippen LogP) is 4.49. The zero-order valence-electron chi connectivity index (χ0n) is 14.2. The first kappa shape index (κ1) is 15.8. The van der Waals surface area contributed by atoms with Gasteiger partial charge in [-0.25, -0.2) is 0 Å². The highest BCUT2D eigenvalue weighted by Crippen LogP contribution is 2.19. The second-order valence-corrected chi connectivity index (χ2v) is 12.2. The molecule has 1 nitrogen and oxygen atoms in total. The van der Waals surface area contributed by atoms with E-state index in [0.29, 0.717) is 0 Å². The van der Waals surface area contributed by atoms with E-state index < -0.39 is 8.07 Å². The van der Waals surface area contributed by atoms with Gasteiger partial charge in [-0.2, -0.15) is 0 Å². The van der Waals surface area contributed by atoms with Crippen LogP contribution >= 0.6 is 0 Å². The van der Waals surface area contributed by atoms with Crippen molar-refractivity contribution in [3.8, 4) is 0 Å². The van der Waals surface area contributed by atoms with Gasteiger partial charge in [0, 0.05) is 19.3 Å². The standard InChI is InChI=1S/C19H27NSi/c1-15-11-16(2)13-18(12-15)20(3)14-17-7-9-19(10-8-17)21(4,5)6/h7-13H,14H2,1-6H3. The van der Waals surface area contributed by atoms with Crippen LogP contribution < -0.4 is 10.1 Å². The van der Waals surface area contributed by atoms with Crippen LogP contribution in [0, 0.1) is 13.8 Å². The average Bonchev–Trinajstić information content (AvgIpc) is 2.37. The Kier molecular flexibility index (Phi) is 4.57. The van der Waals surface area contributed by atoms with Crippen LogP contribution in [0.25, 0.3) is 0 Å². The maximum Gasteiger partial charge on any atom is 0.0775 e. The maximum absolute atomic E-state index is 2.39. The lowest BCUT2D eigenvalue weighted by Crippen LogP contribution is -2.37. The van der Waals surface area contributed by atoms with E-state index in [1.54, 1.807) is 0 Å². The van der Waals surface area contributed by atoms with Gasteiger partial charge >= 0.3 is 0 Å². The molecule has 0 aliphatic carbocycles. The van der Waals surface area contributed by atoms with E-state index in [9.17, 15) is 0 Å². The SMILES string of the molecule is Cc1cc(C)cc(N(C)Cc2ccc([Si](C)(C)C)cc2)c1. The molecule has 112 valence electrons. The number of hydrogen-bond acceptors (Lipinski definition) is 1. The second kappa shape index (κ2) is 6.06. The van der Waals surface area contributed by atoms with Gasteiger partial charge < -0.3 is 4.90 Å². The average molecular weight is 298 g/mol. The minimum atomic E-state index is -1.19. The second-order valence-electron chi connectivity index (χ2n) is 7.15. The van der Waals surface area contributed by atoms with Gasteiger partial charge in [0.15, 0.2) is 0 Å². The molecule has 0 saturated carbocycles. The Balaban J connectivity index is 2.14. The number of anilines is 1. The number of hydrogen-bond donors (Lipinski definition) is 0. The predicted molar refractivity (Wildman–Crippen MR) is 97.4 cm³/mol. The Labute approximate surface area is 130 Å². The number of benzene rings is 2. The van der Waals surface area contributed by atoms with Gasteiger partial charge in [-0.05, 0) is 42.7 Å². The van der Waals surface area contributed by atoms with Gasteiger partial charge in [-0.1, -0.05) is 55.2 Å². The quantitative estimate of drug-likeness (QED) is 0.752. The molecule has 2 aromatic carbocycles. The Bertz CT molecular complexity index is 588. The third-order valence-corrected chi connectivity index (χ3v) is 5.95. The lowest BCUT2D eigenvalue weighted by Gasteiger charge is -2.22. The van der Waals surface area contributed by atoms with Crippen molar-refractivity contribution in [1.82, 2.24) is 0 Å². The fourth-order valence-corrected chi connectivity index (χ4v) is 3.81. The van der Waals surface area contributed by atoms with E-state index in [1.807, 2.05) is 0 Å². The van der Waals surface area contributed by atoms with Crippen LogP contribution in [0.1, 0.15) is 16.7 Å². The van der Waals surface area contributed by atoms with Gasteiger partial charge in [0.1, 0.15) is 0 Å². The molecule has 0 aliphatic rings. The molecule has 2 rings (SSSR count). The highest BCUT2D eigenvalue weighted by atomic mass is 28.3. The van der Waals surface area contributed by atoms with Gasteiger partial charge in [-0.15, -0.1) is 0 Å².